The van der Waals surface area contributed by atoms with E-state index in [2.05, 4.69) is 263 Å². The second-order valence-electron chi connectivity index (χ2n) is 17.8. The summed E-state index contributed by atoms with van der Waals surface area (Å²) in [6, 6.07) is 89.1. The lowest BCUT2D eigenvalue weighted by Crippen LogP contribution is -2.09. The smallest absolute Gasteiger partial charge is 0.235 e. The molecule has 4 aromatic heterocycles. The van der Waals surface area contributed by atoms with Crippen molar-refractivity contribution in [1.29, 1.82) is 0 Å². The van der Waals surface area contributed by atoms with Crippen molar-refractivity contribution >= 4 is 93.0 Å². The summed E-state index contributed by atoms with van der Waals surface area (Å²) in [6.07, 6.45) is 0. The van der Waals surface area contributed by atoms with E-state index in [1.807, 2.05) is 0 Å². The number of benzene rings is 10. The van der Waals surface area contributed by atoms with Gasteiger partial charge >= 0.3 is 0 Å². The minimum Gasteiger partial charge on any atom is -0.311 e. The minimum atomic E-state index is 0.636. The Morgan fingerprint density at radius 2 is 0.900 bits per heavy atom. The Morgan fingerprint density at radius 3 is 1.61 bits per heavy atom. The predicted octanol–water partition coefficient (Wildman–Crippen LogP) is 17.5. The van der Waals surface area contributed by atoms with E-state index in [9.17, 15) is 0 Å². The molecule has 5 nitrogen and oxygen atoms in total. The van der Waals surface area contributed by atoms with Crippen LogP contribution in [0.15, 0.2) is 249 Å². The summed E-state index contributed by atoms with van der Waals surface area (Å²) in [5.41, 5.74) is 15.2. The minimum absolute atomic E-state index is 0.636. The van der Waals surface area contributed by atoms with Crippen LogP contribution in [0.5, 0.6) is 0 Å². The van der Waals surface area contributed by atoms with Crippen LogP contribution >= 0.6 is 11.3 Å². The fraction of sp³-hybridized carbons (Fsp3) is 0. The molecular formula is C64H41N5S. The van der Waals surface area contributed by atoms with Gasteiger partial charge in [0.25, 0.3) is 0 Å². The second-order valence-corrected chi connectivity index (χ2v) is 18.8. The molecule has 0 saturated heterocycles. The molecule has 0 aliphatic rings. The third kappa shape index (κ3) is 6.53. The van der Waals surface area contributed by atoms with Crippen molar-refractivity contribution in [2.45, 2.75) is 0 Å². The molecule has 0 aliphatic heterocycles. The Hall–Kier alpha value is -9.10. The quantitative estimate of drug-likeness (QED) is 0.152. The van der Waals surface area contributed by atoms with E-state index < -0.39 is 0 Å². The maximum absolute atomic E-state index is 5.61. The fourth-order valence-corrected chi connectivity index (χ4v) is 11.6. The first-order valence-corrected chi connectivity index (χ1v) is 24.5. The van der Waals surface area contributed by atoms with Gasteiger partial charge in [0.2, 0.25) is 5.95 Å². The maximum atomic E-state index is 5.61. The summed E-state index contributed by atoms with van der Waals surface area (Å²) in [6.45, 7) is 0. The highest BCUT2D eigenvalue weighted by Gasteiger charge is 2.22. The Labute approximate surface area is 408 Å². The molecule has 0 atom stereocenters. The molecule has 0 N–H and O–H groups in total. The molecule has 70 heavy (non-hydrogen) atoms. The molecule has 0 saturated carbocycles. The van der Waals surface area contributed by atoms with E-state index in [1.165, 1.54) is 43.5 Å². The number of rotatable bonds is 8. The standard InChI is InChI=1S/C64H41N5S/c1-5-18-43(19-6-1)60-41-55-63(70-60)62(44-29-34-50(35-30-44)67(47-20-7-2-8-21-47)48-22-9-3-10-23-48)66-64(65-55)69-58-37-33-46(40-54(58)61-51-26-14-13-17-42(51)31-38-59(61)69)45-32-36-57-53(39-45)52-27-15-16-28-56(52)68(57)49-24-11-4-12-25-49/h1-41H. The molecule has 0 radical (unpaired) electrons. The van der Waals surface area contributed by atoms with E-state index in [-0.39, 0.29) is 0 Å². The van der Waals surface area contributed by atoms with Crippen LogP contribution < -0.4 is 4.90 Å². The molecule has 14 aromatic rings. The van der Waals surface area contributed by atoms with Crippen LogP contribution in [0.4, 0.5) is 17.1 Å². The summed E-state index contributed by atoms with van der Waals surface area (Å²) < 4.78 is 5.70. The lowest BCUT2D eigenvalue weighted by atomic mass is 9.99. The zero-order valence-electron chi connectivity index (χ0n) is 37.8. The topological polar surface area (TPSA) is 38.9 Å². The second kappa shape index (κ2) is 16.3. The van der Waals surface area contributed by atoms with Crippen LogP contribution in [-0.4, -0.2) is 19.1 Å². The third-order valence-electron chi connectivity index (χ3n) is 13.7. The van der Waals surface area contributed by atoms with Gasteiger partial charge in [0.1, 0.15) is 0 Å². The highest BCUT2D eigenvalue weighted by molar-refractivity contribution is 7.22. The summed E-state index contributed by atoms with van der Waals surface area (Å²) in [5.74, 6) is 0.636. The summed E-state index contributed by atoms with van der Waals surface area (Å²) in [7, 11) is 0. The summed E-state index contributed by atoms with van der Waals surface area (Å²) in [4.78, 5) is 14.5. The number of anilines is 3. The van der Waals surface area contributed by atoms with E-state index >= 15 is 0 Å². The van der Waals surface area contributed by atoms with Gasteiger partial charge in [-0.15, -0.1) is 11.3 Å². The lowest BCUT2D eigenvalue weighted by Gasteiger charge is -2.25. The molecule has 0 spiro atoms. The number of aromatic nitrogens is 4. The van der Waals surface area contributed by atoms with E-state index in [4.69, 9.17) is 9.97 Å². The molecule has 0 bridgehead atoms. The van der Waals surface area contributed by atoms with Crippen molar-refractivity contribution in [2.24, 2.45) is 0 Å². The van der Waals surface area contributed by atoms with Gasteiger partial charge in [-0.1, -0.05) is 158 Å². The number of nitrogens with zero attached hydrogens (tertiary/aromatic N) is 5. The van der Waals surface area contributed by atoms with Gasteiger partial charge in [0.05, 0.1) is 38.0 Å². The van der Waals surface area contributed by atoms with Crippen LogP contribution in [-0.2, 0) is 0 Å². The van der Waals surface area contributed by atoms with Crippen molar-refractivity contribution in [1.82, 2.24) is 19.1 Å². The number of para-hydroxylation sites is 4. The highest BCUT2D eigenvalue weighted by atomic mass is 32.1. The predicted molar refractivity (Wildman–Crippen MR) is 295 cm³/mol. The third-order valence-corrected chi connectivity index (χ3v) is 14.9. The zero-order chi connectivity index (χ0) is 46.1. The van der Waals surface area contributed by atoms with Gasteiger partial charge in [0, 0.05) is 54.7 Å². The molecule has 0 unspecified atom stereocenters. The molecule has 0 amide bonds. The van der Waals surface area contributed by atoms with E-state index in [1.54, 1.807) is 11.3 Å². The molecule has 6 heteroatoms. The molecule has 10 aromatic carbocycles. The molecule has 4 heterocycles. The van der Waals surface area contributed by atoms with Crippen LogP contribution in [0.25, 0.3) is 109 Å². The van der Waals surface area contributed by atoms with Gasteiger partial charge in [-0.3, -0.25) is 4.57 Å². The first-order valence-electron chi connectivity index (χ1n) is 23.6. The van der Waals surface area contributed by atoms with Crippen molar-refractivity contribution in [3.05, 3.63) is 249 Å². The lowest BCUT2D eigenvalue weighted by molar-refractivity contribution is 1.02. The van der Waals surface area contributed by atoms with Crippen molar-refractivity contribution in [3.63, 3.8) is 0 Å². The highest BCUT2D eigenvalue weighted by Crippen LogP contribution is 2.44. The van der Waals surface area contributed by atoms with Crippen LogP contribution in [0.2, 0.25) is 0 Å². The average Bonchev–Trinajstić information content (AvgIpc) is 4.12. The Morgan fingerprint density at radius 1 is 0.357 bits per heavy atom. The zero-order valence-corrected chi connectivity index (χ0v) is 38.6. The first kappa shape index (κ1) is 40.0. The Balaban J connectivity index is 0.966. The number of fused-ring (bicyclic) bond motifs is 9. The van der Waals surface area contributed by atoms with Gasteiger partial charge in [-0.25, -0.2) is 9.97 Å². The summed E-state index contributed by atoms with van der Waals surface area (Å²) >= 11 is 1.75. The van der Waals surface area contributed by atoms with Gasteiger partial charge in [-0.2, -0.15) is 0 Å². The van der Waals surface area contributed by atoms with E-state index in [0.717, 1.165) is 76.6 Å². The summed E-state index contributed by atoms with van der Waals surface area (Å²) in [5, 5.41) is 7.19. The Bertz CT molecular complexity index is 4230. The van der Waals surface area contributed by atoms with Crippen LogP contribution in [0.1, 0.15) is 0 Å². The molecule has 14 rings (SSSR count). The number of hydrogen-bond acceptors (Lipinski definition) is 4. The molecule has 0 fully saturated rings. The SMILES string of the molecule is c1ccc(-c2cc3nc(-n4c5ccc(-c6ccc7c(c6)c6ccccc6n7-c6ccccc6)cc5c5c6ccccc6ccc54)nc(-c4ccc(N(c5ccccc5)c5ccccc5)cc4)c3s2)cc1. The molecule has 328 valence electrons. The largest absolute Gasteiger partial charge is 0.311 e. The fourth-order valence-electron chi connectivity index (χ4n) is 10.5. The van der Waals surface area contributed by atoms with Gasteiger partial charge in [0.15, 0.2) is 0 Å². The Kier molecular flexibility index (Phi) is 9.32. The molecule has 0 aliphatic carbocycles. The first-order chi connectivity index (χ1) is 34.7. The van der Waals surface area contributed by atoms with E-state index in [0.29, 0.717) is 5.95 Å². The van der Waals surface area contributed by atoms with Crippen LogP contribution in [0.3, 0.4) is 0 Å². The van der Waals surface area contributed by atoms with Crippen molar-refractivity contribution < 1.29 is 0 Å². The van der Waals surface area contributed by atoms with Crippen LogP contribution in [0, 0.1) is 0 Å². The van der Waals surface area contributed by atoms with Gasteiger partial charge in [-0.05, 0) is 118 Å². The van der Waals surface area contributed by atoms with Gasteiger partial charge < -0.3 is 9.47 Å². The number of thiophene rings is 1. The van der Waals surface area contributed by atoms with Crippen molar-refractivity contribution in [3.8, 4) is 44.5 Å². The number of hydrogen-bond donors (Lipinski definition) is 0. The average molecular weight is 912 g/mol. The normalized spacial score (nSPS) is 11.7. The monoisotopic (exact) mass is 911 g/mol. The molecular weight excluding hydrogens is 871 g/mol. The van der Waals surface area contributed by atoms with Crippen molar-refractivity contribution in [2.75, 3.05) is 4.90 Å². The maximum Gasteiger partial charge on any atom is 0.235 e.